The van der Waals surface area contributed by atoms with Gasteiger partial charge in [0.1, 0.15) is 18.2 Å². The molecule has 7 heteroatoms. The fourth-order valence-corrected chi connectivity index (χ4v) is 2.53. The molecule has 1 amide bonds. The zero-order valence-electron chi connectivity index (χ0n) is 14.8. The fourth-order valence-electron chi connectivity index (χ4n) is 2.53. The summed E-state index contributed by atoms with van der Waals surface area (Å²) in [5.74, 6) is 0.489. The van der Waals surface area contributed by atoms with E-state index in [-0.39, 0.29) is 11.3 Å². The number of aromatic nitrogens is 4. The van der Waals surface area contributed by atoms with E-state index in [1.165, 1.54) is 11.9 Å². The van der Waals surface area contributed by atoms with E-state index in [0.29, 0.717) is 31.8 Å². The topological polar surface area (TPSA) is 85.8 Å². The van der Waals surface area contributed by atoms with Crippen molar-refractivity contribution in [3.8, 4) is 0 Å². The minimum Gasteiger partial charge on any atom is -0.439 e. The molecule has 0 saturated carbocycles. The Hall–Kier alpha value is -2.70. The predicted molar refractivity (Wildman–Crippen MR) is 93.8 cm³/mol. The molecule has 1 aromatic carbocycles. The van der Waals surface area contributed by atoms with Gasteiger partial charge in [0.15, 0.2) is 5.58 Å². The van der Waals surface area contributed by atoms with Gasteiger partial charge in [-0.1, -0.05) is 26.8 Å². The van der Waals surface area contributed by atoms with E-state index >= 15 is 0 Å². The van der Waals surface area contributed by atoms with Crippen LogP contribution < -0.4 is 5.32 Å². The Morgan fingerprint density at radius 1 is 1.32 bits per heavy atom. The van der Waals surface area contributed by atoms with Crippen molar-refractivity contribution in [2.24, 2.45) is 0 Å². The summed E-state index contributed by atoms with van der Waals surface area (Å²) in [6.07, 6.45) is 4.26. The summed E-state index contributed by atoms with van der Waals surface area (Å²) in [6, 6.07) is 6.04. The Labute approximate surface area is 146 Å². The van der Waals surface area contributed by atoms with Gasteiger partial charge >= 0.3 is 0 Å². The molecular formula is C18H23N5O2. The van der Waals surface area contributed by atoms with Crippen LogP contribution in [0.2, 0.25) is 0 Å². The number of aryl methyl sites for hydroxylation is 1. The number of nitrogens with zero attached hydrogens (tertiary/aromatic N) is 4. The molecule has 7 nitrogen and oxygen atoms in total. The number of hydrogen-bond acceptors (Lipinski definition) is 5. The zero-order chi connectivity index (χ0) is 17.9. The average Bonchev–Trinajstić information content (AvgIpc) is 3.20. The number of hydrogen-bond donors (Lipinski definition) is 1. The smallest absolute Gasteiger partial charge is 0.220 e. The molecule has 2 aromatic heterocycles. The number of benzene rings is 1. The van der Waals surface area contributed by atoms with Crippen LogP contribution in [0.1, 0.15) is 45.1 Å². The zero-order valence-corrected chi connectivity index (χ0v) is 14.8. The highest BCUT2D eigenvalue weighted by molar-refractivity contribution is 5.76. The quantitative estimate of drug-likeness (QED) is 0.745. The molecule has 0 aliphatic carbocycles. The van der Waals surface area contributed by atoms with Crippen LogP contribution in [-0.2, 0) is 23.3 Å². The largest absolute Gasteiger partial charge is 0.439 e. The molecule has 25 heavy (non-hydrogen) atoms. The Kier molecular flexibility index (Phi) is 4.83. The van der Waals surface area contributed by atoms with Crippen molar-refractivity contribution in [1.82, 2.24) is 25.1 Å². The van der Waals surface area contributed by atoms with E-state index in [1.54, 1.807) is 11.0 Å². The molecule has 0 fully saturated rings. The summed E-state index contributed by atoms with van der Waals surface area (Å²) in [6.45, 7) is 7.45. The summed E-state index contributed by atoms with van der Waals surface area (Å²) in [4.78, 5) is 20.3. The van der Waals surface area contributed by atoms with Gasteiger partial charge in [0.25, 0.3) is 0 Å². The van der Waals surface area contributed by atoms with Crippen molar-refractivity contribution in [1.29, 1.82) is 0 Å². The highest BCUT2D eigenvalue weighted by Crippen LogP contribution is 2.26. The number of amides is 1. The average molecular weight is 341 g/mol. The first-order chi connectivity index (χ1) is 11.9. The maximum absolute atomic E-state index is 11.9. The van der Waals surface area contributed by atoms with Gasteiger partial charge in [-0.15, -0.1) is 0 Å². The Morgan fingerprint density at radius 2 is 2.16 bits per heavy atom. The molecule has 0 aliphatic heterocycles. The van der Waals surface area contributed by atoms with Crippen molar-refractivity contribution in [3.05, 3.63) is 42.3 Å². The molecule has 3 rings (SSSR count). The molecule has 0 aliphatic rings. The lowest BCUT2D eigenvalue weighted by molar-refractivity contribution is -0.121. The number of carbonyl (C=O) groups is 1. The van der Waals surface area contributed by atoms with E-state index in [0.717, 1.165) is 11.1 Å². The monoisotopic (exact) mass is 341 g/mol. The summed E-state index contributed by atoms with van der Waals surface area (Å²) < 4.78 is 7.41. The molecular weight excluding hydrogens is 318 g/mol. The standard InChI is InChI=1S/C18H23N5O2/c1-18(2,3)13-6-7-15-14(9-13)22-17(25-15)10-20-16(24)5-4-8-23-12-19-11-21-23/h6-7,9,11-12H,4-5,8,10H2,1-3H3,(H,20,24). The lowest BCUT2D eigenvalue weighted by Gasteiger charge is -2.18. The molecule has 0 saturated heterocycles. The van der Waals surface area contributed by atoms with Crippen molar-refractivity contribution in [3.63, 3.8) is 0 Å². The second kappa shape index (κ2) is 7.04. The molecule has 0 radical (unpaired) electrons. The first kappa shape index (κ1) is 17.1. The van der Waals surface area contributed by atoms with Gasteiger partial charge in [-0.05, 0) is 29.5 Å². The number of nitrogens with one attached hydrogen (secondary N) is 1. The normalized spacial score (nSPS) is 11.8. The summed E-state index contributed by atoms with van der Waals surface area (Å²) in [5, 5.41) is 6.85. The van der Waals surface area contributed by atoms with Crippen LogP contribution in [0.5, 0.6) is 0 Å². The van der Waals surface area contributed by atoms with Gasteiger partial charge in [0.05, 0.1) is 6.54 Å². The second-order valence-corrected chi connectivity index (χ2v) is 7.08. The number of carbonyl (C=O) groups excluding carboxylic acids is 1. The number of fused-ring (bicyclic) bond motifs is 1. The lowest BCUT2D eigenvalue weighted by atomic mass is 9.87. The molecule has 0 atom stereocenters. The third kappa shape index (κ3) is 4.43. The third-order valence-corrected chi connectivity index (χ3v) is 3.99. The van der Waals surface area contributed by atoms with Gasteiger partial charge in [-0.25, -0.2) is 9.97 Å². The SMILES string of the molecule is CC(C)(C)c1ccc2oc(CNC(=O)CCCn3cncn3)nc2c1. The van der Waals surface area contributed by atoms with Gasteiger partial charge < -0.3 is 9.73 Å². The summed E-state index contributed by atoms with van der Waals surface area (Å²) >= 11 is 0. The van der Waals surface area contributed by atoms with E-state index < -0.39 is 0 Å². The van der Waals surface area contributed by atoms with Gasteiger partial charge in [0.2, 0.25) is 11.8 Å². The highest BCUT2D eigenvalue weighted by atomic mass is 16.3. The first-order valence-electron chi connectivity index (χ1n) is 8.41. The molecule has 0 spiro atoms. The molecule has 0 unspecified atom stereocenters. The first-order valence-corrected chi connectivity index (χ1v) is 8.41. The van der Waals surface area contributed by atoms with Gasteiger partial charge in [-0.3, -0.25) is 9.48 Å². The van der Waals surface area contributed by atoms with E-state index in [2.05, 4.69) is 47.2 Å². The van der Waals surface area contributed by atoms with Crippen LogP contribution in [-0.4, -0.2) is 25.7 Å². The Bertz CT molecular complexity index is 846. The lowest BCUT2D eigenvalue weighted by Crippen LogP contribution is -2.23. The molecule has 132 valence electrons. The van der Waals surface area contributed by atoms with Crippen molar-refractivity contribution >= 4 is 17.0 Å². The van der Waals surface area contributed by atoms with Crippen LogP contribution in [0.15, 0.2) is 35.3 Å². The number of rotatable bonds is 6. The second-order valence-electron chi connectivity index (χ2n) is 7.08. The van der Waals surface area contributed by atoms with Crippen molar-refractivity contribution in [2.75, 3.05) is 0 Å². The van der Waals surface area contributed by atoms with Gasteiger partial charge in [-0.2, -0.15) is 5.10 Å². The molecule has 3 aromatic rings. The molecule has 1 N–H and O–H groups in total. The molecule has 0 bridgehead atoms. The van der Waals surface area contributed by atoms with Gasteiger partial charge in [0, 0.05) is 13.0 Å². The third-order valence-electron chi connectivity index (χ3n) is 3.99. The van der Waals surface area contributed by atoms with Crippen LogP contribution in [0.25, 0.3) is 11.1 Å². The van der Waals surface area contributed by atoms with Crippen LogP contribution >= 0.6 is 0 Å². The number of oxazole rings is 1. The molecule has 2 heterocycles. The van der Waals surface area contributed by atoms with Crippen LogP contribution in [0.3, 0.4) is 0 Å². The summed E-state index contributed by atoms with van der Waals surface area (Å²) in [7, 11) is 0. The summed E-state index contributed by atoms with van der Waals surface area (Å²) in [5.41, 5.74) is 2.83. The predicted octanol–water partition coefficient (Wildman–Crippen LogP) is 2.81. The van der Waals surface area contributed by atoms with Crippen LogP contribution in [0, 0.1) is 0 Å². The maximum Gasteiger partial charge on any atom is 0.220 e. The van der Waals surface area contributed by atoms with E-state index in [9.17, 15) is 4.79 Å². The minimum absolute atomic E-state index is 0.0299. The van der Waals surface area contributed by atoms with E-state index in [1.807, 2.05) is 12.1 Å². The minimum atomic E-state index is -0.0299. The van der Waals surface area contributed by atoms with Crippen molar-refractivity contribution < 1.29 is 9.21 Å². The highest BCUT2D eigenvalue weighted by Gasteiger charge is 2.16. The van der Waals surface area contributed by atoms with Crippen molar-refractivity contribution in [2.45, 2.75) is 52.1 Å². The Balaban J connectivity index is 1.53. The Morgan fingerprint density at radius 3 is 2.88 bits per heavy atom. The fraction of sp³-hybridized carbons (Fsp3) is 0.444. The van der Waals surface area contributed by atoms with E-state index in [4.69, 9.17) is 4.42 Å². The van der Waals surface area contributed by atoms with Crippen LogP contribution in [0.4, 0.5) is 0 Å². The maximum atomic E-state index is 11.9.